The molecule has 3 aliphatic rings. The van der Waals surface area contributed by atoms with Gasteiger partial charge >= 0.3 is 0 Å². The Labute approximate surface area is 123 Å². The first-order chi connectivity index (χ1) is 9.83. The molecule has 0 spiro atoms. The molecule has 114 valence electrons. The van der Waals surface area contributed by atoms with Crippen molar-refractivity contribution in [2.45, 2.75) is 82.3 Å². The van der Waals surface area contributed by atoms with E-state index in [4.69, 9.17) is 5.73 Å². The summed E-state index contributed by atoms with van der Waals surface area (Å²) in [5.41, 5.74) is 6.08. The van der Waals surface area contributed by atoms with Gasteiger partial charge < -0.3 is 11.1 Å². The van der Waals surface area contributed by atoms with E-state index in [0.717, 1.165) is 12.6 Å². The normalized spacial score (nSPS) is 30.4. The average molecular weight is 278 g/mol. The van der Waals surface area contributed by atoms with Crippen molar-refractivity contribution < 1.29 is 0 Å². The van der Waals surface area contributed by atoms with Gasteiger partial charge in [0, 0.05) is 18.1 Å². The number of likely N-dealkylation sites (tertiary alicyclic amines) is 1. The Bertz CT molecular complexity index is 331. The summed E-state index contributed by atoms with van der Waals surface area (Å²) in [6, 6.07) is 2.07. The molecule has 3 rings (SSSR count). The van der Waals surface area contributed by atoms with Gasteiger partial charge in [-0.1, -0.05) is 25.7 Å². The number of nitrogens with one attached hydrogen (secondary N) is 1. The molecule has 1 atom stereocenters. The molecule has 1 unspecified atom stereocenters. The second-order valence-corrected chi connectivity index (χ2v) is 6.82. The van der Waals surface area contributed by atoms with Gasteiger partial charge in [0.1, 0.15) is 0 Å². The topological polar surface area (TPSA) is 53.6 Å². The number of nitrogens with two attached hydrogens (primary N) is 1. The highest BCUT2D eigenvalue weighted by molar-refractivity contribution is 5.78. The van der Waals surface area contributed by atoms with Gasteiger partial charge in [-0.3, -0.25) is 9.89 Å². The molecular weight excluding hydrogens is 248 g/mol. The fraction of sp³-hybridized carbons (Fsp3) is 0.938. The Balaban J connectivity index is 1.46. The first-order valence-corrected chi connectivity index (χ1v) is 8.65. The first kappa shape index (κ1) is 14.2. The van der Waals surface area contributed by atoms with Crippen LogP contribution in [0.5, 0.6) is 0 Å². The molecule has 0 aromatic carbocycles. The van der Waals surface area contributed by atoms with Crippen molar-refractivity contribution in [3.05, 3.63) is 0 Å². The molecule has 0 radical (unpaired) electrons. The zero-order valence-electron chi connectivity index (χ0n) is 12.7. The van der Waals surface area contributed by atoms with E-state index in [2.05, 4.69) is 15.2 Å². The highest BCUT2D eigenvalue weighted by Crippen LogP contribution is 2.32. The van der Waals surface area contributed by atoms with E-state index in [0.29, 0.717) is 18.0 Å². The minimum atomic E-state index is 0.568. The summed E-state index contributed by atoms with van der Waals surface area (Å²) in [7, 11) is 0. The van der Waals surface area contributed by atoms with Crippen LogP contribution in [0.15, 0.2) is 4.99 Å². The van der Waals surface area contributed by atoms with E-state index in [1.165, 1.54) is 70.8 Å². The van der Waals surface area contributed by atoms with Crippen LogP contribution in [-0.4, -0.2) is 42.1 Å². The van der Waals surface area contributed by atoms with Crippen LogP contribution in [0, 0.1) is 0 Å². The molecule has 3 N–H and O–H groups in total. The maximum absolute atomic E-state index is 6.08. The van der Waals surface area contributed by atoms with Crippen LogP contribution in [0.3, 0.4) is 0 Å². The Morgan fingerprint density at radius 2 is 1.75 bits per heavy atom. The second kappa shape index (κ2) is 6.79. The van der Waals surface area contributed by atoms with Crippen molar-refractivity contribution in [3.63, 3.8) is 0 Å². The lowest BCUT2D eigenvalue weighted by Crippen LogP contribution is -2.45. The van der Waals surface area contributed by atoms with Crippen LogP contribution < -0.4 is 11.1 Å². The smallest absolute Gasteiger partial charge is 0.188 e. The summed E-state index contributed by atoms with van der Waals surface area (Å²) < 4.78 is 0. The van der Waals surface area contributed by atoms with Gasteiger partial charge in [-0.25, -0.2) is 0 Å². The molecule has 0 aromatic rings. The maximum atomic E-state index is 6.08. The van der Waals surface area contributed by atoms with Crippen LogP contribution >= 0.6 is 0 Å². The average Bonchev–Trinajstić information content (AvgIpc) is 3.31. The fourth-order valence-electron chi connectivity index (χ4n) is 3.81. The maximum Gasteiger partial charge on any atom is 0.188 e. The zero-order valence-corrected chi connectivity index (χ0v) is 12.7. The molecule has 1 aliphatic heterocycles. The second-order valence-electron chi connectivity index (χ2n) is 6.82. The number of nitrogens with zero attached hydrogens (tertiary/aromatic N) is 2. The summed E-state index contributed by atoms with van der Waals surface area (Å²) in [6.07, 6.45) is 13.4. The standard InChI is InChI=1S/C16H30N4/c17-16(19-13-6-2-1-3-7-13)18-12-15-8-4-5-11-20(15)14-9-10-14/h13-15H,1-12H2,(H3,17,18,19). The lowest BCUT2D eigenvalue weighted by molar-refractivity contribution is 0.144. The molecule has 0 amide bonds. The SMILES string of the molecule is NC(=NCC1CCCCN1C1CC1)NC1CCCCC1. The molecule has 2 aliphatic carbocycles. The van der Waals surface area contributed by atoms with E-state index >= 15 is 0 Å². The molecule has 0 bridgehead atoms. The minimum absolute atomic E-state index is 0.568. The summed E-state index contributed by atoms with van der Waals surface area (Å²) >= 11 is 0. The van der Waals surface area contributed by atoms with Gasteiger partial charge in [0.25, 0.3) is 0 Å². The number of hydrogen-bond acceptors (Lipinski definition) is 2. The Kier molecular flexibility index (Phi) is 4.81. The number of piperidine rings is 1. The Morgan fingerprint density at radius 1 is 1.00 bits per heavy atom. The molecule has 0 aromatic heterocycles. The van der Waals surface area contributed by atoms with Crippen molar-refractivity contribution in [3.8, 4) is 0 Å². The van der Waals surface area contributed by atoms with Crippen LogP contribution in [0.2, 0.25) is 0 Å². The van der Waals surface area contributed by atoms with E-state index in [-0.39, 0.29) is 0 Å². The van der Waals surface area contributed by atoms with Crippen molar-refractivity contribution in [2.24, 2.45) is 10.7 Å². The quantitative estimate of drug-likeness (QED) is 0.612. The summed E-state index contributed by atoms with van der Waals surface area (Å²) in [4.78, 5) is 7.34. The van der Waals surface area contributed by atoms with Crippen LogP contribution in [-0.2, 0) is 0 Å². The summed E-state index contributed by atoms with van der Waals surface area (Å²) in [6.45, 7) is 2.17. The van der Waals surface area contributed by atoms with Gasteiger partial charge in [-0.15, -0.1) is 0 Å². The number of rotatable bonds is 4. The van der Waals surface area contributed by atoms with Crippen LogP contribution in [0.1, 0.15) is 64.2 Å². The Morgan fingerprint density at radius 3 is 2.50 bits per heavy atom. The lowest BCUT2D eigenvalue weighted by atomic mass is 9.96. The zero-order chi connectivity index (χ0) is 13.8. The summed E-state index contributed by atoms with van der Waals surface area (Å²) in [5.74, 6) is 0.679. The molecule has 2 saturated carbocycles. The van der Waals surface area contributed by atoms with Crippen LogP contribution in [0.25, 0.3) is 0 Å². The number of hydrogen-bond donors (Lipinski definition) is 2. The van der Waals surface area contributed by atoms with E-state index in [1.807, 2.05) is 0 Å². The molecular formula is C16H30N4. The van der Waals surface area contributed by atoms with Crippen molar-refractivity contribution in [1.29, 1.82) is 0 Å². The third-order valence-electron chi connectivity index (χ3n) is 5.12. The van der Waals surface area contributed by atoms with Crippen molar-refractivity contribution in [2.75, 3.05) is 13.1 Å². The van der Waals surface area contributed by atoms with Crippen LogP contribution in [0.4, 0.5) is 0 Å². The van der Waals surface area contributed by atoms with Gasteiger partial charge in [0.05, 0.1) is 6.54 Å². The molecule has 3 fully saturated rings. The van der Waals surface area contributed by atoms with Gasteiger partial charge in [0.2, 0.25) is 0 Å². The lowest BCUT2D eigenvalue weighted by Gasteiger charge is -2.35. The first-order valence-electron chi connectivity index (χ1n) is 8.65. The van der Waals surface area contributed by atoms with E-state index < -0.39 is 0 Å². The van der Waals surface area contributed by atoms with E-state index in [1.54, 1.807) is 0 Å². The molecule has 1 heterocycles. The highest BCUT2D eigenvalue weighted by atomic mass is 15.2. The monoisotopic (exact) mass is 278 g/mol. The fourth-order valence-corrected chi connectivity index (χ4v) is 3.81. The highest BCUT2D eigenvalue weighted by Gasteiger charge is 2.34. The minimum Gasteiger partial charge on any atom is -0.370 e. The molecule has 20 heavy (non-hydrogen) atoms. The van der Waals surface area contributed by atoms with E-state index in [9.17, 15) is 0 Å². The van der Waals surface area contributed by atoms with Crippen molar-refractivity contribution in [1.82, 2.24) is 10.2 Å². The van der Waals surface area contributed by atoms with Gasteiger partial charge in [0.15, 0.2) is 5.96 Å². The third-order valence-corrected chi connectivity index (χ3v) is 5.12. The molecule has 4 nitrogen and oxygen atoms in total. The summed E-state index contributed by atoms with van der Waals surface area (Å²) in [5, 5.41) is 3.43. The van der Waals surface area contributed by atoms with Gasteiger partial charge in [-0.05, 0) is 45.1 Å². The predicted octanol–water partition coefficient (Wildman–Crippen LogP) is 2.24. The number of guanidine groups is 1. The molecule has 4 heteroatoms. The van der Waals surface area contributed by atoms with Crippen molar-refractivity contribution >= 4 is 5.96 Å². The molecule has 1 saturated heterocycles. The third kappa shape index (κ3) is 3.87. The van der Waals surface area contributed by atoms with Gasteiger partial charge in [-0.2, -0.15) is 0 Å². The Hall–Kier alpha value is -0.770. The predicted molar refractivity (Wildman–Crippen MR) is 83.9 cm³/mol. The largest absolute Gasteiger partial charge is 0.370 e. The number of aliphatic imine (C=N–C) groups is 1.